The summed E-state index contributed by atoms with van der Waals surface area (Å²) >= 11 is 6.45. The fraction of sp³-hybridized carbons (Fsp3) is 0.450. The fourth-order valence-electron chi connectivity index (χ4n) is 8.47. The van der Waals surface area contributed by atoms with E-state index in [2.05, 4.69) is 15.7 Å². The minimum absolute atomic E-state index is 0.0632. The lowest BCUT2D eigenvalue weighted by Gasteiger charge is -2.42. The highest BCUT2D eigenvalue weighted by Gasteiger charge is 2.45. The van der Waals surface area contributed by atoms with Crippen LogP contribution in [-0.2, 0) is 26.7 Å². The van der Waals surface area contributed by atoms with Gasteiger partial charge in [0.25, 0.3) is 11.8 Å². The zero-order valence-corrected chi connectivity index (χ0v) is 31.4. The molecule has 1 spiro atoms. The molecule has 12 heteroatoms. The lowest BCUT2D eigenvalue weighted by atomic mass is 9.70. The first-order chi connectivity index (χ1) is 24.9. The van der Waals surface area contributed by atoms with Crippen molar-refractivity contribution in [1.82, 2.24) is 9.62 Å². The minimum Gasteiger partial charge on any atom is -0.490 e. The lowest BCUT2D eigenvalue weighted by molar-refractivity contribution is -0.123. The van der Waals surface area contributed by atoms with E-state index in [1.54, 1.807) is 32.2 Å². The quantitative estimate of drug-likeness (QED) is 0.314. The first-order valence-electron chi connectivity index (χ1n) is 18.2. The summed E-state index contributed by atoms with van der Waals surface area (Å²) in [5.74, 6) is -1.72. The summed E-state index contributed by atoms with van der Waals surface area (Å²) in [5.41, 5.74) is 3.44. The van der Waals surface area contributed by atoms with Crippen LogP contribution >= 0.6 is 11.6 Å². The highest BCUT2D eigenvalue weighted by atomic mass is 35.5. The van der Waals surface area contributed by atoms with Crippen LogP contribution in [0.4, 0.5) is 15.8 Å². The van der Waals surface area contributed by atoms with Gasteiger partial charge in [-0.05, 0) is 112 Å². The maximum Gasteiger partial charge on any atom is 0.264 e. The van der Waals surface area contributed by atoms with Crippen LogP contribution in [0.2, 0.25) is 5.02 Å². The summed E-state index contributed by atoms with van der Waals surface area (Å²) in [7, 11) is -2.48. The standard InChI is InChI=1S/C40H46ClFN4O5S/c1-26-13-17-34(42)37(39(48)44(3)31-10-5-4-6-11-31)46-20-8-12-32(46)23-45-24-40(19-7-9-28-21-30(41)15-16-33(28)40)25-51-36-18-14-29(22-35(36)45)38(47)43-52(49,50)27(26)2/h4-6,10-11,14-18,21-22,26-27,32,37H,7-9,12-13,19-20,23-25H2,1-3H3,(H,43,47)/b34-17-/t26-,27+,32-,37+,40-/m0/s1. The Labute approximate surface area is 310 Å². The molecule has 4 aliphatic rings. The molecule has 1 fully saturated rings. The Kier molecular flexibility index (Phi) is 10.1. The molecule has 0 aromatic heterocycles. The molecule has 3 aliphatic heterocycles. The molecule has 3 heterocycles. The fourth-order valence-corrected chi connectivity index (χ4v) is 9.95. The summed E-state index contributed by atoms with van der Waals surface area (Å²) in [6.45, 7) is 5.10. The number of benzene rings is 3. The molecule has 0 saturated carbocycles. The van der Waals surface area contributed by atoms with Crippen LogP contribution < -0.4 is 19.3 Å². The van der Waals surface area contributed by atoms with Crippen LogP contribution in [0.5, 0.6) is 5.75 Å². The van der Waals surface area contributed by atoms with Crippen molar-refractivity contribution in [3.05, 3.63) is 100 Å². The predicted molar refractivity (Wildman–Crippen MR) is 202 cm³/mol. The van der Waals surface area contributed by atoms with E-state index in [0.717, 1.165) is 32.1 Å². The van der Waals surface area contributed by atoms with Crippen molar-refractivity contribution in [3.8, 4) is 5.75 Å². The molecule has 2 amide bonds. The normalized spacial score (nSPS) is 28.8. The Balaban J connectivity index is 1.35. The van der Waals surface area contributed by atoms with Gasteiger partial charge in [0.05, 0.1) is 17.5 Å². The zero-order valence-electron chi connectivity index (χ0n) is 29.9. The number of halogens is 2. The van der Waals surface area contributed by atoms with Crippen LogP contribution in [0, 0.1) is 5.92 Å². The van der Waals surface area contributed by atoms with E-state index in [1.165, 1.54) is 29.0 Å². The highest BCUT2D eigenvalue weighted by Crippen LogP contribution is 2.45. The van der Waals surface area contributed by atoms with Crippen LogP contribution in [0.15, 0.2) is 78.6 Å². The van der Waals surface area contributed by atoms with Crippen molar-refractivity contribution in [2.45, 2.75) is 75.1 Å². The van der Waals surface area contributed by atoms with Crippen molar-refractivity contribution in [1.29, 1.82) is 0 Å². The maximum absolute atomic E-state index is 16.8. The van der Waals surface area contributed by atoms with Crippen LogP contribution in [-0.4, -0.2) is 75.8 Å². The third kappa shape index (κ3) is 6.95. The second-order valence-corrected chi connectivity index (χ2v) is 17.4. The number of ether oxygens (including phenoxy) is 1. The zero-order chi connectivity index (χ0) is 36.8. The Bertz CT molecular complexity index is 1990. The number of nitrogens with zero attached hydrogens (tertiary/aromatic N) is 3. The number of carbonyl (C=O) groups is 2. The van der Waals surface area contributed by atoms with Crippen molar-refractivity contribution in [3.63, 3.8) is 0 Å². The van der Waals surface area contributed by atoms with Gasteiger partial charge in [0.2, 0.25) is 10.0 Å². The van der Waals surface area contributed by atoms with Gasteiger partial charge in [0.15, 0.2) is 0 Å². The number of amides is 2. The Morgan fingerprint density at radius 3 is 2.65 bits per heavy atom. The Hall–Kier alpha value is -3.93. The molecule has 0 unspecified atom stereocenters. The van der Waals surface area contributed by atoms with Crippen LogP contribution in [0.25, 0.3) is 0 Å². The molecular weight excluding hydrogens is 703 g/mol. The summed E-state index contributed by atoms with van der Waals surface area (Å²) in [4.78, 5) is 33.7. The number of fused-ring (bicyclic) bond motifs is 4. The molecule has 3 aromatic carbocycles. The number of rotatable bonds is 2. The smallest absolute Gasteiger partial charge is 0.264 e. The van der Waals surface area contributed by atoms with E-state index in [9.17, 15) is 18.0 Å². The molecule has 3 aromatic rings. The van der Waals surface area contributed by atoms with Gasteiger partial charge >= 0.3 is 0 Å². The molecule has 7 rings (SSSR count). The Morgan fingerprint density at radius 1 is 1.08 bits per heavy atom. The number of hydrogen-bond donors (Lipinski definition) is 1. The molecule has 2 bridgehead atoms. The van der Waals surface area contributed by atoms with Crippen molar-refractivity contribution >= 4 is 44.8 Å². The molecule has 9 nitrogen and oxygen atoms in total. The second-order valence-electron chi connectivity index (χ2n) is 14.9. The number of sulfonamides is 1. The SMILES string of the molecule is C[C@@H]1[C@@H](C)C/C=C(\F)[C@H](C(=O)N(C)c2ccccc2)N2CCC[C@H]2CN2C[C@@]3(CCCc4cc(Cl)ccc43)COc3ccc(cc32)C(=O)NS1(=O)=O. The van der Waals surface area contributed by atoms with Gasteiger partial charge in [-0.15, -0.1) is 0 Å². The van der Waals surface area contributed by atoms with Gasteiger partial charge in [0, 0.05) is 47.9 Å². The summed E-state index contributed by atoms with van der Waals surface area (Å²) < 4.78 is 52.6. The largest absolute Gasteiger partial charge is 0.490 e. The molecular formula is C40H46ClFN4O5S. The second kappa shape index (κ2) is 14.5. The van der Waals surface area contributed by atoms with Gasteiger partial charge < -0.3 is 14.5 Å². The first-order valence-corrected chi connectivity index (χ1v) is 20.1. The number of carbonyl (C=O) groups excluding carboxylic acids is 2. The predicted octanol–water partition coefficient (Wildman–Crippen LogP) is 6.65. The van der Waals surface area contributed by atoms with Gasteiger partial charge in [-0.25, -0.2) is 17.5 Å². The number of likely N-dealkylation sites (N-methyl/N-ethyl adjacent to an activating group) is 1. The molecule has 1 N–H and O–H groups in total. The maximum atomic E-state index is 16.8. The first kappa shape index (κ1) is 36.4. The van der Waals surface area contributed by atoms with E-state index in [1.807, 2.05) is 47.4 Å². The third-order valence-corrected chi connectivity index (χ3v) is 13.8. The molecule has 276 valence electrons. The lowest BCUT2D eigenvalue weighted by Crippen LogP contribution is -2.54. The van der Waals surface area contributed by atoms with E-state index in [4.69, 9.17) is 16.3 Å². The summed E-state index contributed by atoms with van der Waals surface area (Å²) in [6, 6.07) is 18.8. The van der Waals surface area contributed by atoms with Crippen LogP contribution in [0.3, 0.4) is 0 Å². The molecule has 1 aliphatic carbocycles. The number of anilines is 2. The van der Waals surface area contributed by atoms with Gasteiger partial charge in [-0.3, -0.25) is 14.5 Å². The van der Waals surface area contributed by atoms with Gasteiger partial charge in [-0.1, -0.05) is 48.9 Å². The topological polar surface area (TPSA) is 99.3 Å². The van der Waals surface area contributed by atoms with E-state index in [0.29, 0.717) is 48.4 Å². The van der Waals surface area contributed by atoms with Crippen molar-refractivity contribution < 1.29 is 27.1 Å². The molecule has 1 saturated heterocycles. The summed E-state index contributed by atoms with van der Waals surface area (Å²) in [5, 5.41) is -0.338. The van der Waals surface area contributed by atoms with E-state index in [-0.39, 0.29) is 18.0 Å². The molecule has 52 heavy (non-hydrogen) atoms. The number of aryl methyl sites for hydroxylation is 1. The summed E-state index contributed by atoms with van der Waals surface area (Å²) in [6.07, 6.45) is 5.65. The average Bonchev–Trinajstić information content (AvgIpc) is 3.52. The number of para-hydroxylation sites is 1. The number of nitrogens with one attached hydrogen (secondary N) is 1. The van der Waals surface area contributed by atoms with Crippen molar-refractivity contribution in [2.75, 3.05) is 43.1 Å². The third-order valence-electron chi connectivity index (χ3n) is 11.7. The van der Waals surface area contributed by atoms with Gasteiger partial charge in [-0.2, -0.15) is 0 Å². The number of hydrogen-bond acceptors (Lipinski definition) is 7. The van der Waals surface area contributed by atoms with Crippen molar-refractivity contribution in [2.24, 2.45) is 5.92 Å². The number of allylic oxidation sites excluding steroid dienone is 1. The van der Waals surface area contributed by atoms with Gasteiger partial charge in [0.1, 0.15) is 17.6 Å². The monoisotopic (exact) mass is 748 g/mol. The molecule has 5 atom stereocenters. The molecule has 0 radical (unpaired) electrons. The Morgan fingerprint density at radius 2 is 1.87 bits per heavy atom. The minimum atomic E-state index is -4.14. The van der Waals surface area contributed by atoms with Crippen LogP contribution in [0.1, 0.15) is 67.4 Å². The average molecular weight is 749 g/mol. The van der Waals surface area contributed by atoms with E-state index >= 15 is 4.39 Å². The highest BCUT2D eigenvalue weighted by molar-refractivity contribution is 7.90. The van der Waals surface area contributed by atoms with E-state index < -0.39 is 50.3 Å².